The number of halogens is 1. The van der Waals surface area contributed by atoms with Gasteiger partial charge in [-0.15, -0.1) is 0 Å². The predicted molar refractivity (Wildman–Crippen MR) is 75.8 cm³/mol. The molecular formula is C16H9ClO3. The standard InChI is InChI=1S/C16H9ClO3/c17-12-8-6-11(7-9-12)14-13(15(18)20-16(14)19)10-4-2-1-3-5-10/h1-9H. The van der Waals surface area contributed by atoms with E-state index < -0.39 is 11.9 Å². The maximum Gasteiger partial charge on any atom is 0.347 e. The highest BCUT2D eigenvalue weighted by molar-refractivity contribution is 6.44. The van der Waals surface area contributed by atoms with Crippen molar-refractivity contribution in [2.24, 2.45) is 0 Å². The Morgan fingerprint density at radius 1 is 0.700 bits per heavy atom. The minimum absolute atomic E-state index is 0.276. The molecule has 0 aliphatic carbocycles. The average Bonchev–Trinajstić information content (AvgIpc) is 2.75. The van der Waals surface area contributed by atoms with Gasteiger partial charge in [0, 0.05) is 5.02 Å². The number of carbonyl (C=O) groups is 2. The van der Waals surface area contributed by atoms with Crippen molar-refractivity contribution < 1.29 is 14.3 Å². The van der Waals surface area contributed by atoms with Crippen LogP contribution in [0.5, 0.6) is 0 Å². The molecule has 0 amide bonds. The maximum atomic E-state index is 11.9. The second kappa shape index (κ2) is 4.94. The van der Waals surface area contributed by atoms with Crippen LogP contribution in [0.4, 0.5) is 0 Å². The Kier molecular flexibility index (Phi) is 3.12. The monoisotopic (exact) mass is 284 g/mol. The van der Waals surface area contributed by atoms with Gasteiger partial charge in [-0.2, -0.15) is 0 Å². The van der Waals surface area contributed by atoms with Crippen LogP contribution >= 0.6 is 11.6 Å². The molecule has 20 heavy (non-hydrogen) atoms. The Balaban J connectivity index is 2.21. The van der Waals surface area contributed by atoms with Gasteiger partial charge in [0.1, 0.15) is 0 Å². The molecule has 0 saturated heterocycles. The number of rotatable bonds is 2. The quantitative estimate of drug-likeness (QED) is 0.627. The van der Waals surface area contributed by atoms with Crippen LogP contribution in [-0.4, -0.2) is 11.9 Å². The van der Waals surface area contributed by atoms with Crippen molar-refractivity contribution in [3.63, 3.8) is 0 Å². The van der Waals surface area contributed by atoms with Crippen LogP contribution in [-0.2, 0) is 14.3 Å². The molecule has 3 nitrogen and oxygen atoms in total. The minimum Gasteiger partial charge on any atom is -0.386 e. The van der Waals surface area contributed by atoms with Crippen molar-refractivity contribution >= 4 is 34.7 Å². The van der Waals surface area contributed by atoms with E-state index in [9.17, 15) is 9.59 Å². The highest BCUT2D eigenvalue weighted by Gasteiger charge is 2.34. The van der Waals surface area contributed by atoms with Gasteiger partial charge >= 0.3 is 11.9 Å². The van der Waals surface area contributed by atoms with E-state index in [0.717, 1.165) is 0 Å². The summed E-state index contributed by atoms with van der Waals surface area (Å²) in [6, 6.07) is 15.7. The summed E-state index contributed by atoms with van der Waals surface area (Å²) in [5, 5.41) is 0.563. The Morgan fingerprint density at radius 3 is 1.75 bits per heavy atom. The Bertz CT molecular complexity index is 715. The molecule has 0 saturated carbocycles. The first-order chi connectivity index (χ1) is 9.66. The van der Waals surface area contributed by atoms with E-state index in [-0.39, 0.29) is 11.1 Å². The van der Waals surface area contributed by atoms with Crippen LogP contribution in [0, 0.1) is 0 Å². The van der Waals surface area contributed by atoms with Crippen LogP contribution in [0.2, 0.25) is 5.02 Å². The Hall–Kier alpha value is -2.39. The lowest BCUT2D eigenvalue weighted by Crippen LogP contribution is -2.01. The van der Waals surface area contributed by atoms with Crippen LogP contribution in [0.3, 0.4) is 0 Å². The number of esters is 2. The summed E-state index contributed by atoms with van der Waals surface area (Å²) in [6.45, 7) is 0. The van der Waals surface area contributed by atoms with Crippen LogP contribution in [0.1, 0.15) is 11.1 Å². The van der Waals surface area contributed by atoms with Gasteiger partial charge < -0.3 is 4.74 Å². The predicted octanol–water partition coefficient (Wildman–Crippen LogP) is 3.33. The molecule has 1 aliphatic heterocycles. The first-order valence-corrected chi connectivity index (χ1v) is 6.37. The topological polar surface area (TPSA) is 43.4 Å². The molecule has 0 spiro atoms. The Morgan fingerprint density at radius 2 is 1.20 bits per heavy atom. The highest BCUT2D eigenvalue weighted by atomic mass is 35.5. The number of carbonyl (C=O) groups excluding carboxylic acids is 2. The molecule has 3 rings (SSSR count). The number of ether oxygens (including phenoxy) is 1. The normalized spacial score (nSPS) is 14.7. The second-order valence-electron chi connectivity index (χ2n) is 4.30. The van der Waals surface area contributed by atoms with Gasteiger partial charge in [-0.05, 0) is 23.3 Å². The first kappa shape index (κ1) is 12.6. The molecular weight excluding hydrogens is 276 g/mol. The molecule has 0 bridgehead atoms. The first-order valence-electron chi connectivity index (χ1n) is 5.99. The van der Waals surface area contributed by atoms with E-state index in [0.29, 0.717) is 16.1 Å². The average molecular weight is 285 g/mol. The van der Waals surface area contributed by atoms with Crippen molar-refractivity contribution in [2.75, 3.05) is 0 Å². The molecule has 0 unspecified atom stereocenters. The third-order valence-corrected chi connectivity index (χ3v) is 3.29. The number of benzene rings is 2. The highest BCUT2D eigenvalue weighted by Crippen LogP contribution is 2.34. The second-order valence-corrected chi connectivity index (χ2v) is 4.74. The van der Waals surface area contributed by atoms with E-state index >= 15 is 0 Å². The van der Waals surface area contributed by atoms with Crippen molar-refractivity contribution in [1.29, 1.82) is 0 Å². The van der Waals surface area contributed by atoms with Gasteiger partial charge in [0.25, 0.3) is 0 Å². The van der Waals surface area contributed by atoms with Gasteiger partial charge in [0.05, 0.1) is 11.1 Å². The third kappa shape index (κ3) is 2.12. The van der Waals surface area contributed by atoms with E-state index in [1.54, 1.807) is 48.5 Å². The number of cyclic esters (lactones) is 2. The van der Waals surface area contributed by atoms with Gasteiger partial charge in [0.2, 0.25) is 0 Å². The summed E-state index contributed by atoms with van der Waals surface area (Å²) in [5.41, 5.74) is 1.84. The summed E-state index contributed by atoms with van der Waals surface area (Å²) in [6.07, 6.45) is 0. The molecule has 0 N–H and O–H groups in total. The molecule has 1 heterocycles. The summed E-state index contributed by atoms with van der Waals surface area (Å²) in [5.74, 6) is -1.25. The van der Waals surface area contributed by atoms with E-state index in [1.807, 2.05) is 6.07 Å². The van der Waals surface area contributed by atoms with Gasteiger partial charge in [-0.25, -0.2) is 9.59 Å². The van der Waals surface area contributed by atoms with E-state index in [4.69, 9.17) is 16.3 Å². The van der Waals surface area contributed by atoms with Gasteiger partial charge in [0.15, 0.2) is 0 Å². The van der Waals surface area contributed by atoms with E-state index in [2.05, 4.69) is 0 Å². The van der Waals surface area contributed by atoms with Crippen molar-refractivity contribution in [3.8, 4) is 0 Å². The van der Waals surface area contributed by atoms with Crippen molar-refractivity contribution in [2.45, 2.75) is 0 Å². The summed E-state index contributed by atoms with van der Waals surface area (Å²) < 4.78 is 4.74. The zero-order valence-corrected chi connectivity index (χ0v) is 11.1. The molecule has 0 atom stereocenters. The van der Waals surface area contributed by atoms with Crippen molar-refractivity contribution in [1.82, 2.24) is 0 Å². The third-order valence-electron chi connectivity index (χ3n) is 3.04. The minimum atomic E-state index is -0.629. The molecule has 1 aliphatic rings. The largest absolute Gasteiger partial charge is 0.386 e. The molecule has 0 radical (unpaired) electrons. The van der Waals surface area contributed by atoms with Crippen LogP contribution < -0.4 is 0 Å². The summed E-state index contributed by atoms with van der Waals surface area (Å²) in [7, 11) is 0. The van der Waals surface area contributed by atoms with Gasteiger partial charge in [-0.3, -0.25) is 0 Å². The lowest BCUT2D eigenvalue weighted by molar-refractivity contribution is -0.149. The van der Waals surface area contributed by atoms with Gasteiger partial charge in [-0.1, -0.05) is 54.1 Å². The smallest absolute Gasteiger partial charge is 0.347 e. The fourth-order valence-electron chi connectivity index (χ4n) is 2.14. The SMILES string of the molecule is O=C1OC(=O)C(c2ccc(Cl)cc2)=C1c1ccccc1. The lowest BCUT2D eigenvalue weighted by atomic mass is 9.96. The summed E-state index contributed by atoms with van der Waals surface area (Å²) >= 11 is 5.84. The number of hydrogen-bond acceptors (Lipinski definition) is 3. The summed E-state index contributed by atoms with van der Waals surface area (Å²) in [4.78, 5) is 23.8. The molecule has 0 aromatic heterocycles. The van der Waals surface area contributed by atoms with E-state index in [1.165, 1.54) is 0 Å². The van der Waals surface area contributed by atoms with Crippen LogP contribution in [0.25, 0.3) is 11.1 Å². The van der Waals surface area contributed by atoms with Crippen molar-refractivity contribution in [3.05, 3.63) is 70.7 Å². The molecule has 4 heteroatoms. The molecule has 0 fully saturated rings. The van der Waals surface area contributed by atoms with Crippen LogP contribution in [0.15, 0.2) is 54.6 Å². The maximum absolute atomic E-state index is 11.9. The molecule has 2 aromatic carbocycles. The fraction of sp³-hybridized carbons (Fsp3) is 0. The fourth-order valence-corrected chi connectivity index (χ4v) is 2.26. The molecule has 2 aromatic rings. The number of hydrogen-bond donors (Lipinski definition) is 0. The zero-order chi connectivity index (χ0) is 14.1. The zero-order valence-electron chi connectivity index (χ0n) is 10.3. The Labute approximate surface area is 120 Å². The molecule has 98 valence electrons. The lowest BCUT2D eigenvalue weighted by Gasteiger charge is -2.03.